The fourth-order valence-corrected chi connectivity index (χ4v) is 8.79. The van der Waals surface area contributed by atoms with Gasteiger partial charge in [0.1, 0.15) is 0 Å². The van der Waals surface area contributed by atoms with Crippen molar-refractivity contribution in [1.82, 2.24) is 13.7 Å². The van der Waals surface area contributed by atoms with Gasteiger partial charge < -0.3 is 13.7 Å². The van der Waals surface area contributed by atoms with E-state index in [1.807, 2.05) is 42.5 Å². The zero-order chi connectivity index (χ0) is 36.6. The summed E-state index contributed by atoms with van der Waals surface area (Å²) in [6.07, 6.45) is 0. The number of hydrogen-bond acceptors (Lipinski definition) is 0. The van der Waals surface area contributed by atoms with Crippen LogP contribution in [0.1, 0.15) is 0 Å². The lowest BCUT2D eigenvalue weighted by atomic mass is 10.0. The van der Waals surface area contributed by atoms with Crippen LogP contribution in [0.25, 0.3) is 103 Å². The molecular formula is C50H29N5. The zero-order valence-electron chi connectivity index (χ0n) is 29.5. The van der Waals surface area contributed by atoms with Gasteiger partial charge in [0, 0.05) is 38.1 Å². The number of para-hydroxylation sites is 5. The van der Waals surface area contributed by atoms with E-state index in [0.717, 1.165) is 61.0 Å². The van der Waals surface area contributed by atoms with Crippen molar-refractivity contribution in [3.8, 4) is 28.2 Å². The summed E-state index contributed by atoms with van der Waals surface area (Å²) >= 11 is 0. The molecule has 11 rings (SSSR count). The summed E-state index contributed by atoms with van der Waals surface area (Å²) in [5, 5.41) is 6.74. The largest absolute Gasteiger partial charge is 0.320 e. The van der Waals surface area contributed by atoms with Gasteiger partial charge in [-0.05, 0) is 71.1 Å². The van der Waals surface area contributed by atoms with Crippen LogP contribution in [0.15, 0.2) is 176 Å². The van der Waals surface area contributed by atoms with Crippen LogP contribution in [-0.4, -0.2) is 13.7 Å². The molecule has 0 saturated carbocycles. The van der Waals surface area contributed by atoms with Crippen molar-refractivity contribution in [3.05, 3.63) is 199 Å². The van der Waals surface area contributed by atoms with Crippen molar-refractivity contribution >= 4 is 76.8 Å². The number of hydrogen-bond donors (Lipinski definition) is 0. The van der Waals surface area contributed by atoms with Crippen molar-refractivity contribution in [1.29, 1.82) is 0 Å². The van der Waals surface area contributed by atoms with E-state index in [-0.39, 0.29) is 0 Å². The maximum Gasteiger partial charge on any atom is 0.210 e. The molecule has 0 aliphatic rings. The van der Waals surface area contributed by atoms with Gasteiger partial charge in [-0.1, -0.05) is 121 Å². The van der Waals surface area contributed by atoms with E-state index in [1.165, 1.54) is 32.6 Å². The third-order valence-corrected chi connectivity index (χ3v) is 11.1. The van der Waals surface area contributed by atoms with Gasteiger partial charge >= 0.3 is 0 Å². The minimum absolute atomic E-state index is 0.550. The molecule has 5 heteroatoms. The average Bonchev–Trinajstić information content (AvgIpc) is 3.89. The summed E-state index contributed by atoms with van der Waals surface area (Å²) in [4.78, 5) is 7.85. The molecule has 11 aromatic rings. The van der Waals surface area contributed by atoms with Crippen LogP contribution in [-0.2, 0) is 0 Å². The molecule has 5 nitrogen and oxygen atoms in total. The Morgan fingerprint density at radius 1 is 0.345 bits per heavy atom. The molecule has 0 bridgehead atoms. The van der Waals surface area contributed by atoms with E-state index in [2.05, 4.69) is 157 Å². The van der Waals surface area contributed by atoms with Gasteiger partial charge in [-0.3, -0.25) is 0 Å². The molecule has 0 amide bonds. The first kappa shape index (κ1) is 30.7. The van der Waals surface area contributed by atoms with Crippen molar-refractivity contribution in [3.63, 3.8) is 0 Å². The highest BCUT2D eigenvalue weighted by Gasteiger charge is 2.21. The highest BCUT2D eigenvalue weighted by molar-refractivity contribution is 6.16. The predicted molar refractivity (Wildman–Crippen MR) is 227 cm³/mol. The van der Waals surface area contributed by atoms with Crippen molar-refractivity contribution < 1.29 is 0 Å². The van der Waals surface area contributed by atoms with Crippen LogP contribution < -0.4 is 0 Å². The third kappa shape index (κ3) is 4.39. The fourth-order valence-electron chi connectivity index (χ4n) is 8.79. The Bertz CT molecular complexity index is 3420. The number of rotatable bonds is 4. The van der Waals surface area contributed by atoms with Gasteiger partial charge in [0.2, 0.25) is 5.69 Å². The second kappa shape index (κ2) is 11.8. The Hall–Kier alpha value is -7.86. The quantitative estimate of drug-likeness (QED) is 0.163. The summed E-state index contributed by atoms with van der Waals surface area (Å²) in [6.45, 7) is 16.1. The summed E-state index contributed by atoms with van der Waals surface area (Å²) in [7, 11) is 0. The lowest BCUT2D eigenvalue weighted by molar-refractivity contribution is 1.13. The Morgan fingerprint density at radius 2 is 0.855 bits per heavy atom. The van der Waals surface area contributed by atoms with Gasteiger partial charge in [-0.15, -0.1) is 0 Å². The molecule has 0 saturated heterocycles. The van der Waals surface area contributed by atoms with Crippen LogP contribution in [0.3, 0.4) is 0 Å². The number of benzene rings is 8. The monoisotopic (exact) mass is 699 g/mol. The first-order chi connectivity index (χ1) is 27.2. The van der Waals surface area contributed by atoms with Gasteiger partial charge in [-0.25, -0.2) is 9.69 Å². The first-order valence-electron chi connectivity index (χ1n) is 18.3. The van der Waals surface area contributed by atoms with E-state index in [9.17, 15) is 0 Å². The molecule has 0 fully saturated rings. The van der Waals surface area contributed by atoms with Crippen molar-refractivity contribution in [2.45, 2.75) is 0 Å². The molecule has 55 heavy (non-hydrogen) atoms. The van der Waals surface area contributed by atoms with Crippen LogP contribution in [0, 0.1) is 13.1 Å². The number of aromatic nitrogens is 3. The van der Waals surface area contributed by atoms with E-state index in [4.69, 9.17) is 13.1 Å². The average molecular weight is 700 g/mol. The molecule has 0 aliphatic heterocycles. The molecular weight excluding hydrogens is 671 g/mol. The molecule has 3 aromatic heterocycles. The lowest BCUT2D eigenvalue weighted by Crippen LogP contribution is -2.01. The summed E-state index contributed by atoms with van der Waals surface area (Å²) in [5.41, 5.74) is 12.6. The smallest absolute Gasteiger partial charge is 0.210 e. The van der Waals surface area contributed by atoms with E-state index in [1.54, 1.807) is 0 Å². The maximum atomic E-state index is 8.18. The van der Waals surface area contributed by atoms with Gasteiger partial charge in [0.15, 0.2) is 5.69 Å². The SMILES string of the molecule is [C-]#[N+]c1ccc(-c2cccc(-n3c4ccccc4c4cccc(-n5c6ccccc6c6ccccc65)c43)c2)cc1-n1c2ccccc2c2c([N+]#[C-])cccc21. The molecule has 254 valence electrons. The van der Waals surface area contributed by atoms with Crippen LogP contribution in [0.5, 0.6) is 0 Å². The van der Waals surface area contributed by atoms with Crippen LogP contribution >= 0.6 is 0 Å². The van der Waals surface area contributed by atoms with Crippen LogP contribution in [0.2, 0.25) is 0 Å². The maximum absolute atomic E-state index is 8.18. The summed E-state index contributed by atoms with van der Waals surface area (Å²) in [6, 6.07) is 61.4. The van der Waals surface area contributed by atoms with E-state index < -0.39 is 0 Å². The van der Waals surface area contributed by atoms with Crippen molar-refractivity contribution in [2.75, 3.05) is 0 Å². The van der Waals surface area contributed by atoms with E-state index >= 15 is 0 Å². The predicted octanol–water partition coefficient (Wildman–Crippen LogP) is 13.7. The van der Waals surface area contributed by atoms with Crippen LogP contribution in [0.4, 0.5) is 11.4 Å². The minimum atomic E-state index is 0.550. The first-order valence-corrected chi connectivity index (χ1v) is 18.3. The van der Waals surface area contributed by atoms with Crippen molar-refractivity contribution in [2.24, 2.45) is 0 Å². The standard InChI is InChI=1S/C50H29N5/c1-51-40-29-28-33(31-48(40)55-45-25-10-6-19-39(45)49-41(52-2)21-13-26-46(49)55)32-14-11-15-34(30-32)53-42-22-7-5-18-37(42)38-20-12-27-47(50(38)53)54-43-23-8-3-16-35(43)36-17-4-9-24-44(36)54/h3-31H. The molecule has 0 aliphatic carbocycles. The minimum Gasteiger partial charge on any atom is -0.320 e. The third-order valence-electron chi connectivity index (χ3n) is 11.1. The molecule has 0 spiro atoms. The van der Waals surface area contributed by atoms with Gasteiger partial charge in [0.05, 0.1) is 52.1 Å². The molecule has 3 heterocycles. The molecule has 0 unspecified atom stereocenters. The number of nitrogens with zero attached hydrogens (tertiary/aromatic N) is 5. The topological polar surface area (TPSA) is 23.5 Å². The molecule has 8 aromatic carbocycles. The van der Waals surface area contributed by atoms with Gasteiger partial charge in [-0.2, -0.15) is 0 Å². The fraction of sp³-hybridized carbons (Fsp3) is 0. The molecule has 0 N–H and O–H groups in total. The molecule has 0 atom stereocenters. The normalized spacial score (nSPS) is 11.6. The highest BCUT2D eigenvalue weighted by Crippen LogP contribution is 2.43. The second-order valence-electron chi connectivity index (χ2n) is 13.9. The van der Waals surface area contributed by atoms with E-state index in [0.29, 0.717) is 11.4 Å². The Balaban J connectivity index is 1.16. The Labute approximate surface area is 316 Å². The Morgan fingerprint density at radius 3 is 1.55 bits per heavy atom. The zero-order valence-corrected chi connectivity index (χ0v) is 29.5. The summed E-state index contributed by atoms with van der Waals surface area (Å²) < 4.78 is 6.96. The Kier molecular flexibility index (Phi) is 6.61. The van der Waals surface area contributed by atoms with Gasteiger partial charge in [0.25, 0.3) is 0 Å². The highest BCUT2D eigenvalue weighted by atomic mass is 15.1. The second-order valence-corrected chi connectivity index (χ2v) is 13.9. The lowest BCUT2D eigenvalue weighted by Gasteiger charge is -2.16. The molecule has 0 radical (unpaired) electrons. The summed E-state index contributed by atoms with van der Waals surface area (Å²) in [5.74, 6) is 0. The number of fused-ring (bicyclic) bond motifs is 9.